The molecule has 0 saturated heterocycles. The number of halogens is 1. The van der Waals surface area contributed by atoms with Crippen molar-refractivity contribution in [3.05, 3.63) is 54.5 Å². The standard InChI is InChI=1S/C14H14ClN3O2/c1-3-5-10(14(19)20-8-4-2)11-9-16-12-6-7-17-18(12)13(11)15/h3-4,6-7,9-10H,1-2,5,8H2. The molecule has 20 heavy (non-hydrogen) atoms. The topological polar surface area (TPSA) is 56.5 Å². The SMILES string of the molecule is C=CCOC(=O)C(CC=C)c1cnc2ccnn2c1Cl. The summed E-state index contributed by atoms with van der Waals surface area (Å²) < 4.78 is 6.57. The molecule has 5 nitrogen and oxygen atoms in total. The zero-order valence-electron chi connectivity index (χ0n) is 10.8. The van der Waals surface area contributed by atoms with Gasteiger partial charge in [-0.2, -0.15) is 5.10 Å². The van der Waals surface area contributed by atoms with Crippen LogP contribution in [0, 0.1) is 0 Å². The Labute approximate surface area is 121 Å². The van der Waals surface area contributed by atoms with Gasteiger partial charge in [0.25, 0.3) is 0 Å². The van der Waals surface area contributed by atoms with E-state index < -0.39 is 5.92 Å². The van der Waals surface area contributed by atoms with Crippen LogP contribution in [0.25, 0.3) is 5.65 Å². The molecule has 2 aromatic heterocycles. The largest absolute Gasteiger partial charge is 0.461 e. The number of nitrogens with zero attached hydrogens (tertiary/aromatic N) is 3. The average Bonchev–Trinajstić information content (AvgIpc) is 2.92. The van der Waals surface area contributed by atoms with E-state index in [2.05, 4.69) is 23.2 Å². The molecule has 0 aliphatic carbocycles. The van der Waals surface area contributed by atoms with Gasteiger partial charge < -0.3 is 4.74 Å². The van der Waals surface area contributed by atoms with Gasteiger partial charge in [-0.25, -0.2) is 9.50 Å². The van der Waals surface area contributed by atoms with Crippen LogP contribution in [0.4, 0.5) is 0 Å². The molecule has 1 atom stereocenters. The van der Waals surface area contributed by atoms with Gasteiger partial charge in [0.2, 0.25) is 0 Å². The highest BCUT2D eigenvalue weighted by Gasteiger charge is 2.25. The van der Waals surface area contributed by atoms with E-state index in [1.54, 1.807) is 24.5 Å². The zero-order chi connectivity index (χ0) is 14.5. The minimum atomic E-state index is -0.555. The summed E-state index contributed by atoms with van der Waals surface area (Å²) in [6.07, 6.45) is 6.73. The van der Waals surface area contributed by atoms with E-state index in [-0.39, 0.29) is 12.6 Å². The van der Waals surface area contributed by atoms with E-state index in [4.69, 9.17) is 16.3 Å². The third kappa shape index (κ3) is 2.72. The van der Waals surface area contributed by atoms with Crippen molar-refractivity contribution in [3.8, 4) is 0 Å². The molecule has 0 aliphatic heterocycles. The Kier molecular flexibility index (Phi) is 4.53. The van der Waals surface area contributed by atoms with Crippen LogP contribution in [0.2, 0.25) is 5.15 Å². The minimum Gasteiger partial charge on any atom is -0.461 e. The number of hydrogen-bond donors (Lipinski definition) is 0. The van der Waals surface area contributed by atoms with E-state index in [0.717, 1.165) is 0 Å². The first kappa shape index (κ1) is 14.3. The first-order valence-corrected chi connectivity index (χ1v) is 6.43. The Morgan fingerprint density at radius 3 is 3.00 bits per heavy atom. The molecule has 0 bridgehead atoms. The molecule has 0 saturated carbocycles. The molecule has 0 N–H and O–H groups in total. The Morgan fingerprint density at radius 2 is 2.30 bits per heavy atom. The van der Waals surface area contributed by atoms with Crippen molar-refractivity contribution >= 4 is 23.2 Å². The predicted molar refractivity (Wildman–Crippen MR) is 76.7 cm³/mol. The van der Waals surface area contributed by atoms with Gasteiger partial charge in [0.05, 0.1) is 12.1 Å². The molecule has 2 rings (SSSR count). The van der Waals surface area contributed by atoms with Crippen LogP contribution < -0.4 is 0 Å². The lowest BCUT2D eigenvalue weighted by molar-refractivity contribution is -0.144. The van der Waals surface area contributed by atoms with E-state index in [9.17, 15) is 4.79 Å². The molecule has 0 fully saturated rings. The number of aromatic nitrogens is 3. The predicted octanol–water partition coefficient (Wildman–Crippen LogP) is 2.77. The summed E-state index contributed by atoms with van der Waals surface area (Å²) in [7, 11) is 0. The number of ether oxygens (including phenoxy) is 1. The van der Waals surface area contributed by atoms with Crippen LogP contribution >= 0.6 is 11.6 Å². The fraction of sp³-hybridized carbons (Fsp3) is 0.214. The lowest BCUT2D eigenvalue weighted by Crippen LogP contribution is -2.17. The first-order valence-electron chi connectivity index (χ1n) is 6.05. The van der Waals surface area contributed by atoms with Gasteiger partial charge in [-0.1, -0.05) is 30.3 Å². The lowest BCUT2D eigenvalue weighted by atomic mass is 9.98. The fourth-order valence-corrected chi connectivity index (χ4v) is 2.16. The average molecular weight is 292 g/mol. The second-order valence-electron chi connectivity index (χ2n) is 4.10. The number of hydrogen-bond acceptors (Lipinski definition) is 4. The second kappa shape index (κ2) is 6.34. The molecule has 0 aromatic carbocycles. The second-order valence-corrected chi connectivity index (χ2v) is 4.46. The summed E-state index contributed by atoms with van der Waals surface area (Å²) in [4.78, 5) is 16.3. The third-order valence-electron chi connectivity index (χ3n) is 2.79. The van der Waals surface area contributed by atoms with Crippen molar-refractivity contribution in [2.24, 2.45) is 0 Å². The van der Waals surface area contributed by atoms with E-state index in [0.29, 0.717) is 22.8 Å². The maximum absolute atomic E-state index is 12.1. The number of fused-ring (bicyclic) bond motifs is 1. The first-order chi connectivity index (χ1) is 9.69. The van der Waals surface area contributed by atoms with Crippen molar-refractivity contribution in [3.63, 3.8) is 0 Å². The molecule has 104 valence electrons. The summed E-state index contributed by atoms with van der Waals surface area (Å²) in [6.45, 7) is 7.32. The van der Waals surface area contributed by atoms with Crippen molar-refractivity contribution < 1.29 is 9.53 Å². The summed E-state index contributed by atoms with van der Waals surface area (Å²) in [6, 6.07) is 1.73. The monoisotopic (exact) mass is 291 g/mol. The van der Waals surface area contributed by atoms with Crippen LogP contribution in [0.5, 0.6) is 0 Å². The van der Waals surface area contributed by atoms with Crippen LogP contribution in [0.3, 0.4) is 0 Å². The maximum atomic E-state index is 12.1. The zero-order valence-corrected chi connectivity index (χ0v) is 11.6. The number of rotatable bonds is 6. The molecular weight excluding hydrogens is 278 g/mol. The summed E-state index contributed by atoms with van der Waals surface area (Å²) >= 11 is 6.29. The van der Waals surface area contributed by atoms with Crippen LogP contribution in [-0.2, 0) is 9.53 Å². The molecule has 0 amide bonds. The highest BCUT2D eigenvalue weighted by Crippen LogP contribution is 2.28. The molecular formula is C14H14ClN3O2. The van der Waals surface area contributed by atoms with E-state index >= 15 is 0 Å². The van der Waals surface area contributed by atoms with Crippen LogP contribution in [0.15, 0.2) is 43.8 Å². The molecule has 1 unspecified atom stereocenters. The maximum Gasteiger partial charge on any atom is 0.314 e. The highest BCUT2D eigenvalue weighted by molar-refractivity contribution is 6.30. The van der Waals surface area contributed by atoms with Crippen LogP contribution in [-0.4, -0.2) is 27.2 Å². The number of esters is 1. The van der Waals surface area contributed by atoms with Gasteiger partial charge in [0.1, 0.15) is 11.8 Å². The van der Waals surface area contributed by atoms with Crippen LogP contribution in [0.1, 0.15) is 17.9 Å². The van der Waals surface area contributed by atoms with E-state index in [1.807, 2.05) is 0 Å². The molecule has 2 heterocycles. The normalized spacial score (nSPS) is 12.1. The molecule has 2 aromatic rings. The summed E-state index contributed by atoms with van der Waals surface area (Å²) in [5, 5.41) is 4.42. The third-order valence-corrected chi connectivity index (χ3v) is 3.17. The Morgan fingerprint density at radius 1 is 1.50 bits per heavy atom. The number of allylic oxidation sites excluding steroid dienone is 1. The van der Waals surface area contributed by atoms with E-state index in [1.165, 1.54) is 10.6 Å². The molecule has 0 aliphatic rings. The van der Waals surface area contributed by atoms with Crippen molar-refractivity contribution in [2.75, 3.05) is 6.61 Å². The molecule has 0 radical (unpaired) electrons. The van der Waals surface area contributed by atoms with Gasteiger partial charge >= 0.3 is 5.97 Å². The fourth-order valence-electron chi connectivity index (χ4n) is 1.85. The Hall–Kier alpha value is -2.14. The smallest absolute Gasteiger partial charge is 0.314 e. The highest BCUT2D eigenvalue weighted by atomic mass is 35.5. The van der Waals surface area contributed by atoms with Gasteiger partial charge in [-0.05, 0) is 6.42 Å². The van der Waals surface area contributed by atoms with Crippen molar-refractivity contribution in [1.82, 2.24) is 14.6 Å². The van der Waals surface area contributed by atoms with Crippen molar-refractivity contribution in [1.29, 1.82) is 0 Å². The van der Waals surface area contributed by atoms with Crippen molar-refractivity contribution in [2.45, 2.75) is 12.3 Å². The number of carbonyl (C=O) groups excluding carboxylic acids is 1. The summed E-state index contributed by atoms with van der Waals surface area (Å²) in [5.74, 6) is -0.943. The molecule has 0 spiro atoms. The van der Waals surface area contributed by atoms with Gasteiger partial charge in [0, 0.05) is 17.8 Å². The molecule has 6 heteroatoms. The Balaban J connectivity index is 2.40. The quantitative estimate of drug-likeness (QED) is 0.466. The van der Waals surface area contributed by atoms with Gasteiger partial charge in [-0.15, -0.1) is 6.58 Å². The van der Waals surface area contributed by atoms with Gasteiger partial charge in [-0.3, -0.25) is 4.79 Å². The summed E-state index contributed by atoms with van der Waals surface area (Å²) in [5.41, 5.74) is 1.19. The van der Waals surface area contributed by atoms with Gasteiger partial charge in [0.15, 0.2) is 5.65 Å². The Bertz CT molecular complexity index is 651. The number of carbonyl (C=O) groups is 1. The lowest BCUT2D eigenvalue weighted by Gasteiger charge is -2.15. The minimum absolute atomic E-state index is 0.154.